The van der Waals surface area contributed by atoms with Gasteiger partial charge in [0.2, 0.25) is 0 Å². The highest BCUT2D eigenvalue weighted by Gasteiger charge is 2.43. The van der Waals surface area contributed by atoms with E-state index in [0.717, 1.165) is 31.6 Å². The van der Waals surface area contributed by atoms with E-state index in [9.17, 15) is 5.11 Å². The molecule has 1 aliphatic heterocycles. The molecule has 134 valence electrons. The maximum absolute atomic E-state index is 11.5. The lowest BCUT2D eigenvalue weighted by Crippen LogP contribution is -2.58. The largest absolute Gasteiger partial charge is 0.383 e. The van der Waals surface area contributed by atoms with Crippen LogP contribution in [0.15, 0.2) is 59.5 Å². The first-order chi connectivity index (χ1) is 12.0. The van der Waals surface area contributed by atoms with Crippen molar-refractivity contribution in [1.29, 1.82) is 0 Å². The lowest BCUT2D eigenvalue weighted by atomic mass is 9.79. The summed E-state index contributed by atoms with van der Waals surface area (Å²) in [6, 6.07) is 19.0. The van der Waals surface area contributed by atoms with Gasteiger partial charge in [-0.05, 0) is 50.0 Å². The summed E-state index contributed by atoms with van der Waals surface area (Å²) in [6.45, 7) is 2.70. The van der Waals surface area contributed by atoms with E-state index in [1.807, 2.05) is 30.3 Å². The average molecular weight is 357 g/mol. The molecule has 1 heterocycles. The second kappa shape index (κ2) is 7.92. The number of hydrogen-bond acceptors (Lipinski definition) is 4. The van der Waals surface area contributed by atoms with Crippen molar-refractivity contribution >= 4 is 11.8 Å². The predicted molar refractivity (Wildman–Crippen MR) is 106 cm³/mol. The van der Waals surface area contributed by atoms with Crippen LogP contribution in [-0.2, 0) is 12.1 Å². The van der Waals surface area contributed by atoms with Crippen molar-refractivity contribution in [3.05, 3.63) is 65.7 Å². The van der Waals surface area contributed by atoms with Crippen LogP contribution in [0.1, 0.15) is 17.5 Å². The Kier molecular flexibility index (Phi) is 5.85. The third-order valence-electron chi connectivity index (χ3n) is 5.23. The minimum absolute atomic E-state index is 0.0763. The highest BCUT2D eigenvalue weighted by atomic mass is 32.2. The minimum Gasteiger partial charge on any atom is -0.383 e. The van der Waals surface area contributed by atoms with Crippen molar-refractivity contribution in [3.63, 3.8) is 0 Å². The summed E-state index contributed by atoms with van der Waals surface area (Å²) in [5.74, 6) is 0. The molecule has 0 radical (unpaired) electrons. The molecule has 3 rings (SSSR count). The number of aliphatic hydroxyl groups is 1. The van der Waals surface area contributed by atoms with Crippen molar-refractivity contribution in [2.75, 3.05) is 33.4 Å². The van der Waals surface area contributed by atoms with Gasteiger partial charge < -0.3 is 10.0 Å². The summed E-state index contributed by atoms with van der Waals surface area (Å²) in [5.41, 5.74) is 1.58. The summed E-state index contributed by atoms with van der Waals surface area (Å²) >= 11 is 1.78. The molecule has 2 aromatic rings. The van der Waals surface area contributed by atoms with Gasteiger partial charge in [0.05, 0.1) is 6.04 Å². The lowest BCUT2D eigenvalue weighted by molar-refractivity contribution is -0.0893. The van der Waals surface area contributed by atoms with Crippen molar-refractivity contribution in [2.45, 2.75) is 29.5 Å². The number of hydrogen-bond donors (Lipinski definition) is 1. The van der Waals surface area contributed by atoms with Gasteiger partial charge in [-0.25, -0.2) is 0 Å². The second-order valence-corrected chi connectivity index (χ2v) is 7.99. The van der Waals surface area contributed by atoms with E-state index in [1.165, 1.54) is 10.5 Å². The van der Waals surface area contributed by atoms with Crippen LogP contribution in [0.5, 0.6) is 0 Å². The van der Waals surface area contributed by atoms with Crippen LogP contribution in [0.4, 0.5) is 0 Å². The van der Waals surface area contributed by atoms with Crippen LogP contribution in [-0.4, -0.2) is 54.4 Å². The van der Waals surface area contributed by atoms with E-state index in [4.69, 9.17) is 0 Å². The molecule has 0 amide bonds. The van der Waals surface area contributed by atoms with Gasteiger partial charge in [0.15, 0.2) is 0 Å². The molecule has 1 fully saturated rings. The monoisotopic (exact) mass is 356 g/mol. The van der Waals surface area contributed by atoms with E-state index in [0.29, 0.717) is 0 Å². The fraction of sp³-hybridized carbons (Fsp3) is 0.429. The molecule has 3 nitrogen and oxygen atoms in total. The first-order valence-corrected chi connectivity index (χ1v) is 10.0. The van der Waals surface area contributed by atoms with Crippen molar-refractivity contribution in [1.82, 2.24) is 9.80 Å². The van der Waals surface area contributed by atoms with Crippen LogP contribution in [0, 0.1) is 0 Å². The van der Waals surface area contributed by atoms with E-state index in [2.05, 4.69) is 54.4 Å². The maximum Gasteiger partial charge on any atom is 0.107 e. The molecule has 0 spiro atoms. The van der Waals surface area contributed by atoms with E-state index in [1.54, 1.807) is 11.8 Å². The number of likely N-dealkylation sites (N-methyl/N-ethyl adjacent to an activating group) is 1. The van der Waals surface area contributed by atoms with E-state index in [-0.39, 0.29) is 6.04 Å². The Labute approximate surface area is 155 Å². The Balaban J connectivity index is 1.77. The fourth-order valence-corrected chi connectivity index (χ4v) is 4.29. The zero-order valence-corrected chi connectivity index (χ0v) is 16.2. The standard InChI is InChI=1S/C21H28N2OS/c1-22(2)20-16-23(15-17-8-7-11-19(14-17)25-3)13-12-21(20,24)18-9-5-4-6-10-18/h4-11,14,20,24H,12-13,15-16H2,1-3H3/t20-,21+/m1/s1. The fourth-order valence-electron chi connectivity index (χ4n) is 3.81. The van der Waals surface area contributed by atoms with Crippen LogP contribution in [0.25, 0.3) is 0 Å². The number of rotatable bonds is 5. The molecule has 0 unspecified atom stereocenters. The molecule has 0 bridgehead atoms. The first kappa shape index (κ1) is 18.5. The summed E-state index contributed by atoms with van der Waals surface area (Å²) in [7, 11) is 4.13. The Morgan fingerprint density at radius 1 is 1.16 bits per heavy atom. The third-order valence-corrected chi connectivity index (χ3v) is 5.95. The van der Waals surface area contributed by atoms with Gasteiger partial charge in [-0.3, -0.25) is 4.90 Å². The zero-order chi connectivity index (χ0) is 17.9. The van der Waals surface area contributed by atoms with E-state index < -0.39 is 5.60 Å². The average Bonchev–Trinajstić information content (AvgIpc) is 2.64. The van der Waals surface area contributed by atoms with Gasteiger partial charge in [-0.2, -0.15) is 0 Å². The molecule has 0 aromatic heterocycles. The predicted octanol–water partition coefficient (Wildman–Crippen LogP) is 3.43. The van der Waals surface area contributed by atoms with Gasteiger partial charge in [0.25, 0.3) is 0 Å². The van der Waals surface area contributed by atoms with Crippen LogP contribution >= 0.6 is 11.8 Å². The van der Waals surface area contributed by atoms with Gasteiger partial charge in [0.1, 0.15) is 5.60 Å². The van der Waals surface area contributed by atoms with E-state index >= 15 is 0 Å². The smallest absolute Gasteiger partial charge is 0.107 e. The Bertz CT molecular complexity index is 691. The van der Waals surface area contributed by atoms with Crippen molar-refractivity contribution in [3.8, 4) is 0 Å². The third kappa shape index (κ3) is 4.09. The Morgan fingerprint density at radius 2 is 1.92 bits per heavy atom. The molecule has 1 aliphatic rings. The molecule has 2 aromatic carbocycles. The van der Waals surface area contributed by atoms with Crippen LogP contribution in [0.2, 0.25) is 0 Å². The second-order valence-electron chi connectivity index (χ2n) is 7.11. The molecule has 2 atom stereocenters. The van der Waals surface area contributed by atoms with Gasteiger partial charge >= 0.3 is 0 Å². The Hall–Kier alpha value is -1.33. The van der Waals surface area contributed by atoms with Crippen LogP contribution < -0.4 is 0 Å². The molecule has 0 saturated carbocycles. The number of piperidine rings is 1. The number of benzene rings is 2. The maximum atomic E-state index is 11.5. The molecule has 0 aliphatic carbocycles. The Morgan fingerprint density at radius 3 is 2.60 bits per heavy atom. The quantitative estimate of drug-likeness (QED) is 0.831. The SMILES string of the molecule is CSc1cccc(CN2CC[C@](O)(c3ccccc3)[C@H](N(C)C)C2)c1. The minimum atomic E-state index is -0.789. The number of likely N-dealkylation sites (tertiary alicyclic amines) is 1. The van der Waals surface area contributed by atoms with Gasteiger partial charge in [-0.1, -0.05) is 42.5 Å². The van der Waals surface area contributed by atoms with Gasteiger partial charge in [0, 0.05) is 24.5 Å². The normalized spacial score (nSPS) is 24.6. The topological polar surface area (TPSA) is 26.7 Å². The van der Waals surface area contributed by atoms with Gasteiger partial charge in [-0.15, -0.1) is 11.8 Å². The molecule has 25 heavy (non-hydrogen) atoms. The highest BCUT2D eigenvalue weighted by Crippen LogP contribution is 2.35. The molecular weight excluding hydrogens is 328 g/mol. The molecule has 1 N–H and O–H groups in total. The van der Waals surface area contributed by atoms with Crippen molar-refractivity contribution in [2.24, 2.45) is 0 Å². The molecular formula is C21H28N2OS. The molecule has 4 heteroatoms. The molecule has 1 saturated heterocycles. The summed E-state index contributed by atoms with van der Waals surface area (Å²) in [6.07, 6.45) is 2.87. The van der Waals surface area contributed by atoms with Crippen molar-refractivity contribution < 1.29 is 5.11 Å². The van der Waals surface area contributed by atoms with Crippen LogP contribution in [0.3, 0.4) is 0 Å². The highest BCUT2D eigenvalue weighted by molar-refractivity contribution is 7.98. The summed E-state index contributed by atoms with van der Waals surface area (Å²) in [5, 5.41) is 11.5. The zero-order valence-electron chi connectivity index (χ0n) is 15.4. The lowest BCUT2D eigenvalue weighted by Gasteiger charge is -2.47. The number of nitrogens with zero attached hydrogens (tertiary/aromatic N) is 2. The number of thioether (sulfide) groups is 1. The summed E-state index contributed by atoms with van der Waals surface area (Å²) < 4.78 is 0. The summed E-state index contributed by atoms with van der Waals surface area (Å²) in [4.78, 5) is 5.93. The first-order valence-electron chi connectivity index (χ1n) is 8.82.